The predicted octanol–water partition coefficient (Wildman–Crippen LogP) is 5.12. The van der Waals surface area contributed by atoms with E-state index in [1.165, 1.54) is 31.3 Å². The van der Waals surface area contributed by atoms with Gasteiger partial charge in [0.25, 0.3) is 0 Å². The van der Waals surface area contributed by atoms with Crippen LogP contribution in [0.3, 0.4) is 0 Å². The summed E-state index contributed by atoms with van der Waals surface area (Å²) in [6, 6.07) is 11.5. The Balaban J connectivity index is 1.28. The van der Waals surface area contributed by atoms with Crippen LogP contribution in [0.1, 0.15) is 40.8 Å². The van der Waals surface area contributed by atoms with Gasteiger partial charge in [0.05, 0.1) is 26.1 Å². The number of amides is 1. The fraction of sp³-hybridized carbons (Fsp3) is 0.438. The molecule has 4 heterocycles. The minimum atomic E-state index is -4.43. The lowest BCUT2D eigenvalue weighted by molar-refractivity contribution is -0.148. The summed E-state index contributed by atoms with van der Waals surface area (Å²) in [6.07, 6.45) is -4.32. The first-order valence-electron chi connectivity index (χ1n) is 15.7. The average Bonchev–Trinajstić information content (AvgIpc) is 3.76. The summed E-state index contributed by atoms with van der Waals surface area (Å²) < 4.78 is 55.8. The topological polar surface area (TPSA) is 201 Å². The fourth-order valence-electron chi connectivity index (χ4n) is 5.52. The van der Waals surface area contributed by atoms with Crippen molar-refractivity contribution in [2.24, 2.45) is 5.41 Å². The molecular weight excluding hydrogens is 675 g/mol. The van der Waals surface area contributed by atoms with Gasteiger partial charge in [-0.1, -0.05) is 57.2 Å². The van der Waals surface area contributed by atoms with Gasteiger partial charge in [-0.05, 0) is 30.7 Å². The number of carbonyl (C=O) groups excluding carboxylic acids is 3. The number of hydrogen-bond donors (Lipinski definition) is 2. The van der Waals surface area contributed by atoms with E-state index in [-0.39, 0.29) is 34.8 Å². The van der Waals surface area contributed by atoms with Crippen LogP contribution in [0.5, 0.6) is 5.75 Å². The number of esters is 1. The molecule has 7 atom stereocenters. The highest BCUT2D eigenvalue weighted by Gasteiger charge is 2.58. The normalized spacial score (nSPS) is 22.6. The van der Waals surface area contributed by atoms with E-state index in [9.17, 15) is 18.9 Å². The molecule has 50 heavy (non-hydrogen) atoms. The third-order valence-electron chi connectivity index (χ3n) is 7.82. The zero-order valence-electron chi connectivity index (χ0n) is 28.1. The lowest BCUT2D eigenvalue weighted by atomic mass is 9.99. The van der Waals surface area contributed by atoms with Crippen molar-refractivity contribution in [2.75, 3.05) is 19.0 Å². The van der Waals surface area contributed by atoms with Gasteiger partial charge in [-0.3, -0.25) is 19.2 Å². The molecule has 2 saturated heterocycles. The molecule has 0 aliphatic carbocycles. The fourth-order valence-corrected chi connectivity index (χ4v) is 7.23. The van der Waals surface area contributed by atoms with E-state index >= 15 is 0 Å². The number of anilines is 1. The van der Waals surface area contributed by atoms with Crippen LogP contribution in [0, 0.1) is 5.41 Å². The summed E-state index contributed by atoms with van der Waals surface area (Å²) >= 11 is 0. The van der Waals surface area contributed by atoms with Gasteiger partial charge in [-0.2, -0.15) is 5.09 Å². The number of nitrogens with zero attached hydrogens (tertiary/aromatic N) is 4. The lowest BCUT2D eigenvalue weighted by Crippen LogP contribution is -2.41. The number of hydrogen-bond acceptors (Lipinski definition) is 14. The molecule has 0 bridgehead atoms. The highest BCUT2D eigenvalue weighted by atomic mass is 31.2. The Hall–Kier alpha value is -4.83. The Labute approximate surface area is 286 Å². The minimum Gasteiger partial charge on any atom is -0.464 e. The summed E-state index contributed by atoms with van der Waals surface area (Å²) in [6.45, 7) is 8.92. The zero-order valence-corrected chi connectivity index (χ0v) is 29.0. The van der Waals surface area contributed by atoms with Crippen molar-refractivity contribution in [1.82, 2.24) is 24.6 Å². The Kier molecular flexibility index (Phi) is 9.68. The van der Waals surface area contributed by atoms with Gasteiger partial charge in [-0.25, -0.2) is 29.1 Å². The average molecular weight is 713 g/mol. The van der Waals surface area contributed by atoms with E-state index in [1.54, 1.807) is 25.1 Å². The Morgan fingerprint density at radius 3 is 2.54 bits per heavy atom. The van der Waals surface area contributed by atoms with Crippen molar-refractivity contribution in [3.8, 4) is 5.75 Å². The van der Waals surface area contributed by atoms with Gasteiger partial charge >= 0.3 is 26.0 Å². The molecule has 0 saturated carbocycles. The first-order valence-corrected chi connectivity index (χ1v) is 17.2. The van der Waals surface area contributed by atoms with Gasteiger partial charge in [-0.15, -0.1) is 0 Å². The Morgan fingerprint density at radius 1 is 1.04 bits per heavy atom. The maximum absolute atomic E-state index is 14.7. The van der Waals surface area contributed by atoms with Crippen LogP contribution >= 0.6 is 7.75 Å². The molecule has 2 aromatic heterocycles. The monoisotopic (exact) mass is 712 g/mol. The highest BCUT2D eigenvalue weighted by molar-refractivity contribution is 7.52. The molecule has 0 spiro atoms. The van der Waals surface area contributed by atoms with E-state index in [0.717, 1.165) is 5.39 Å². The molecule has 18 heteroatoms. The number of nitrogens with one attached hydrogen (secondary N) is 2. The number of rotatable bonds is 11. The van der Waals surface area contributed by atoms with Crippen molar-refractivity contribution in [1.29, 1.82) is 0 Å². The SMILES string of the molecule is COC(=O)Nc1ncnc2c1ncn2[C@@H]1O[C@H](C(C)OP(=O)(NC(C)C(=O)OCC(C)(C)C)Oc2cccc3ccccc23)[C@H]2OC(=O)O[C@H]21. The number of carbonyl (C=O) groups is 3. The molecule has 2 aliphatic rings. The molecule has 2 aliphatic heterocycles. The quantitative estimate of drug-likeness (QED) is 0.118. The number of ether oxygens (including phenoxy) is 5. The van der Waals surface area contributed by atoms with Gasteiger partial charge in [0.1, 0.15) is 24.2 Å². The summed E-state index contributed by atoms with van der Waals surface area (Å²) in [5, 5.41) is 6.67. The van der Waals surface area contributed by atoms with Crippen LogP contribution in [-0.2, 0) is 37.6 Å². The molecular formula is C32H37N6O11P. The number of fused-ring (bicyclic) bond motifs is 3. The first kappa shape index (κ1) is 35.0. The van der Waals surface area contributed by atoms with Crippen molar-refractivity contribution >= 4 is 53.7 Å². The van der Waals surface area contributed by atoms with Gasteiger partial charge < -0.3 is 28.2 Å². The maximum Gasteiger partial charge on any atom is 0.509 e. The Morgan fingerprint density at radius 2 is 1.78 bits per heavy atom. The third-order valence-corrected chi connectivity index (χ3v) is 9.57. The van der Waals surface area contributed by atoms with Crippen LogP contribution < -0.4 is 14.9 Å². The van der Waals surface area contributed by atoms with E-state index in [2.05, 4.69) is 30.1 Å². The van der Waals surface area contributed by atoms with Crippen LogP contribution in [0.2, 0.25) is 0 Å². The van der Waals surface area contributed by atoms with Crippen molar-refractivity contribution in [3.05, 3.63) is 55.1 Å². The van der Waals surface area contributed by atoms with E-state index in [0.29, 0.717) is 5.39 Å². The number of benzene rings is 2. The minimum absolute atomic E-state index is 0.0795. The van der Waals surface area contributed by atoms with Crippen LogP contribution in [-0.4, -0.2) is 81.9 Å². The van der Waals surface area contributed by atoms with Gasteiger partial charge in [0, 0.05) is 5.39 Å². The van der Waals surface area contributed by atoms with Crippen LogP contribution in [0.25, 0.3) is 21.9 Å². The summed E-state index contributed by atoms with van der Waals surface area (Å²) in [4.78, 5) is 49.9. The Bertz CT molecular complexity index is 1960. The van der Waals surface area contributed by atoms with Gasteiger partial charge in [0.2, 0.25) is 0 Å². The molecule has 2 aromatic carbocycles. The second kappa shape index (κ2) is 13.8. The van der Waals surface area contributed by atoms with E-state index in [4.69, 9.17) is 28.0 Å². The molecule has 6 rings (SSSR count). The molecule has 0 radical (unpaired) electrons. The number of methoxy groups -OCH3 is 1. The smallest absolute Gasteiger partial charge is 0.464 e. The second-order valence-electron chi connectivity index (χ2n) is 13.0. The van der Waals surface area contributed by atoms with Crippen LogP contribution in [0.15, 0.2) is 55.1 Å². The number of aromatic nitrogens is 4. The van der Waals surface area contributed by atoms with Crippen LogP contribution in [0.4, 0.5) is 15.4 Å². The van der Waals surface area contributed by atoms with Crippen molar-refractivity contribution < 1.29 is 51.7 Å². The summed E-state index contributed by atoms with van der Waals surface area (Å²) in [5.41, 5.74) is 0.144. The highest BCUT2D eigenvalue weighted by Crippen LogP contribution is 2.50. The van der Waals surface area contributed by atoms with E-state index < -0.39 is 62.7 Å². The second-order valence-corrected chi connectivity index (χ2v) is 14.6. The van der Waals surface area contributed by atoms with Crippen molar-refractivity contribution in [2.45, 2.75) is 71.3 Å². The zero-order chi connectivity index (χ0) is 35.8. The lowest BCUT2D eigenvalue weighted by Gasteiger charge is -2.29. The van der Waals surface area contributed by atoms with E-state index in [1.807, 2.05) is 45.0 Å². The molecule has 266 valence electrons. The molecule has 2 fully saturated rings. The summed E-state index contributed by atoms with van der Waals surface area (Å²) in [7, 11) is -3.22. The molecule has 4 aromatic rings. The molecule has 3 unspecified atom stereocenters. The maximum atomic E-state index is 14.7. The predicted molar refractivity (Wildman–Crippen MR) is 176 cm³/mol. The van der Waals surface area contributed by atoms with Crippen molar-refractivity contribution in [3.63, 3.8) is 0 Å². The molecule has 1 amide bonds. The summed E-state index contributed by atoms with van der Waals surface area (Å²) in [5.74, 6) is -0.347. The third kappa shape index (κ3) is 7.35. The van der Waals surface area contributed by atoms with Gasteiger partial charge in [0.15, 0.2) is 35.4 Å². The number of imidazole rings is 1. The molecule has 2 N–H and O–H groups in total. The largest absolute Gasteiger partial charge is 0.509 e. The standard InChI is InChI=1S/C32H37N6O11P/c1-17(29(39)44-14-32(3,4)5)37-50(42,49-21-13-9-11-19-10-7-8-12-20(19)21)48-18(2)23-24-25(47-31(41)46-24)28(45-23)38-16-35-22-26(36-30(40)43-6)33-15-34-27(22)38/h7-13,15-18,23-25,28H,14H2,1-6H3,(H,37,42)(H,33,34,36,40)/t17?,18?,23-,24-,25-,28-,50?/m1/s1. The molecule has 17 nitrogen and oxygen atoms in total. The first-order chi connectivity index (χ1) is 23.7.